The molecule has 0 aromatic heterocycles. The van der Waals surface area contributed by atoms with Crippen molar-refractivity contribution >= 4 is 17.5 Å². The SMILES string of the molecule is COCCOc1ccc(CN2C3CCC2CC(NC(=O)Cc2ccccc2Cl)C3)c(C)c1C. The molecule has 0 radical (unpaired) electrons. The van der Waals surface area contributed by atoms with Gasteiger partial charge in [-0.15, -0.1) is 0 Å². The number of nitrogens with zero attached hydrogens (tertiary/aromatic N) is 1. The Morgan fingerprint density at radius 2 is 1.76 bits per heavy atom. The first-order valence-electron chi connectivity index (χ1n) is 12.0. The lowest BCUT2D eigenvalue weighted by Crippen LogP contribution is -2.50. The Kier molecular flexibility index (Phi) is 7.94. The molecule has 2 saturated heterocycles. The molecule has 2 aliphatic heterocycles. The molecular formula is C27H35ClN2O3. The standard InChI is InChI=1S/C27H35ClN2O3/c1-18-19(2)26(33-13-12-32-3)11-8-21(18)17-30-23-9-10-24(30)16-22(15-23)29-27(31)14-20-6-4-5-7-25(20)28/h4-8,11,22-24H,9-10,12-17H2,1-3H3,(H,29,31). The summed E-state index contributed by atoms with van der Waals surface area (Å²) in [7, 11) is 1.69. The molecule has 2 unspecified atom stereocenters. The van der Waals surface area contributed by atoms with Gasteiger partial charge in [0.25, 0.3) is 0 Å². The van der Waals surface area contributed by atoms with Crippen LogP contribution in [0.5, 0.6) is 5.75 Å². The number of hydrogen-bond acceptors (Lipinski definition) is 4. The zero-order valence-electron chi connectivity index (χ0n) is 19.9. The molecule has 33 heavy (non-hydrogen) atoms. The van der Waals surface area contributed by atoms with Crippen LogP contribution in [0.15, 0.2) is 36.4 Å². The molecule has 1 amide bonds. The third-order valence-electron chi connectivity index (χ3n) is 7.31. The van der Waals surface area contributed by atoms with Gasteiger partial charge in [0.2, 0.25) is 5.91 Å². The largest absolute Gasteiger partial charge is 0.491 e. The van der Waals surface area contributed by atoms with Crippen molar-refractivity contribution in [1.82, 2.24) is 10.2 Å². The minimum Gasteiger partial charge on any atom is -0.491 e. The molecule has 2 heterocycles. The summed E-state index contributed by atoms with van der Waals surface area (Å²) in [6.45, 7) is 6.44. The highest BCUT2D eigenvalue weighted by Gasteiger charge is 2.41. The first-order valence-corrected chi connectivity index (χ1v) is 12.3. The summed E-state index contributed by atoms with van der Waals surface area (Å²) in [5.74, 6) is 1.01. The van der Waals surface area contributed by atoms with Gasteiger partial charge in [0, 0.05) is 36.8 Å². The van der Waals surface area contributed by atoms with Crippen molar-refractivity contribution in [3.05, 3.63) is 63.7 Å². The zero-order chi connectivity index (χ0) is 23.4. The number of carbonyl (C=O) groups is 1. The molecule has 2 aromatic carbocycles. The van der Waals surface area contributed by atoms with Gasteiger partial charge < -0.3 is 14.8 Å². The fourth-order valence-electron chi connectivity index (χ4n) is 5.35. The molecule has 1 N–H and O–H groups in total. The van der Waals surface area contributed by atoms with Gasteiger partial charge in [-0.2, -0.15) is 0 Å². The Bertz CT molecular complexity index is 966. The second-order valence-corrected chi connectivity index (χ2v) is 9.78. The minimum absolute atomic E-state index is 0.0662. The van der Waals surface area contributed by atoms with Gasteiger partial charge in [-0.1, -0.05) is 35.9 Å². The predicted octanol–water partition coefficient (Wildman–Crippen LogP) is 4.84. The lowest BCUT2D eigenvalue weighted by molar-refractivity contribution is -0.121. The van der Waals surface area contributed by atoms with Crippen LogP contribution in [0.3, 0.4) is 0 Å². The van der Waals surface area contributed by atoms with E-state index >= 15 is 0 Å². The van der Waals surface area contributed by atoms with Crippen LogP contribution in [0, 0.1) is 13.8 Å². The maximum Gasteiger partial charge on any atom is 0.224 e. The quantitative estimate of drug-likeness (QED) is 0.533. The minimum atomic E-state index is 0.0662. The Hall–Kier alpha value is -2.08. The van der Waals surface area contributed by atoms with E-state index in [2.05, 4.69) is 36.2 Å². The smallest absolute Gasteiger partial charge is 0.224 e. The number of hydrogen-bond donors (Lipinski definition) is 1. The van der Waals surface area contributed by atoms with Gasteiger partial charge in [0.05, 0.1) is 13.0 Å². The molecule has 0 aliphatic carbocycles. The Morgan fingerprint density at radius 1 is 1.03 bits per heavy atom. The van der Waals surface area contributed by atoms with Crippen LogP contribution in [0.2, 0.25) is 5.02 Å². The van der Waals surface area contributed by atoms with Crippen molar-refractivity contribution in [2.24, 2.45) is 0 Å². The summed E-state index contributed by atoms with van der Waals surface area (Å²) in [6.07, 6.45) is 4.78. The van der Waals surface area contributed by atoms with E-state index in [1.165, 1.54) is 29.5 Å². The summed E-state index contributed by atoms with van der Waals surface area (Å²) in [6, 6.07) is 13.2. The predicted molar refractivity (Wildman–Crippen MR) is 132 cm³/mol. The molecular weight excluding hydrogens is 436 g/mol. The van der Waals surface area contributed by atoms with Gasteiger partial charge in [-0.05, 0) is 73.9 Å². The number of amides is 1. The first-order chi connectivity index (χ1) is 16.0. The summed E-state index contributed by atoms with van der Waals surface area (Å²) in [5, 5.41) is 3.94. The van der Waals surface area contributed by atoms with Crippen LogP contribution >= 0.6 is 11.6 Å². The fraction of sp³-hybridized carbons (Fsp3) is 0.519. The number of carbonyl (C=O) groups excluding carboxylic acids is 1. The second kappa shape index (κ2) is 10.9. The van der Waals surface area contributed by atoms with Crippen LogP contribution in [0.25, 0.3) is 0 Å². The second-order valence-electron chi connectivity index (χ2n) is 9.38. The average Bonchev–Trinajstić information content (AvgIpc) is 3.02. The van der Waals surface area contributed by atoms with Gasteiger partial charge >= 0.3 is 0 Å². The zero-order valence-corrected chi connectivity index (χ0v) is 20.7. The number of nitrogens with one attached hydrogen (secondary N) is 1. The summed E-state index contributed by atoms with van der Waals surface area (Å²) < 4.78 is 11.0. The van der Waals surface area contributed by atoms with Gasteiger partial charge in [0.15, 0.2) is 0 Å². The van der Waals surface area contributed by atoms with E-state index in [1.54, 1.807) is 7.11 Å². The van der Waals surface area contributed by atoms with Crippen LogP contribution in [-0.2, 0) is 22.5 Å². The van der Waals surface area contributed by atoms with Crippen molar-refractivity contribution in [3.8, 4) is 5.75 Å². The van der Waals surface area contributed by atoms with Crippen molar-refractivity contribution in [2.45, 2.75) is 70.6 Å². The van der Waals surface area contributed by atoms with Crippen molar-refractivity contribution in [1.29, 1.82) is 0 Å². The van der Waals surface area contributed by atoms with E-state index in [9.17, 15) is 4.79 Å². The number of benzene rings is 2. The average molecular weight is 471 g/mol. The van der Waals surface area contributed by atoms with E-state index in [0.717, 1.165) is 30.7 Å². The number of halogens is 1. The van der Waals surface area contributed by atoms with Crippen LogP contribution in [0.4, 0.5) is 0 Å². The lowest BCUT2D eigenvalue weighted by atomic mass is 9.95. The Morgan fingerprint density at radius 3 is 2.45 bits per heavy atom. The van der Waals surface area contributed by atoms with E-state index in [0.29, 0.717) is 36.7 Å². The van der Waals surface area contributed by atoms with Crippen LogP contribution < -0.4 is 10.1 Å². The molecule has 6 heteroatoms. The van der Waals surface area contributed by atoms with E-state index in [-0.39, 0.29) is 11.9 Å². The number of methoxy groups -OCH3 is 1. The van der Waals surface area contributed by atoms with Gasteiger partial charge in [-0.3, -0.25) is 9.69 Å². The Balaban J connectivity index is 1.34. The topological polar surface area (TPSA) is 50.8 Å². The van der Waals surface area contributed by atoms with Crippen molar-refractivity contribution in [2.75, 3.05) is 20.3 Å². The highest BCUT2D eigenvalue weighted by molar-refractivity contribution is 6.31. The number of rotatable bonds is 9. The third-order valence-corrected chi connectivity index (χ3v) is 7.67. The highest BCUT2D eigenvalue weighted by Crippen LogP contribution is 2.38. The summed E-state index contributed by atoms with van der Waals surface area (Å²) in [4.78, 5) is 15.3. The maximum atomic E-state index is 12.6. The first kappa shape index (κ1) is 24.1. The van der Waals surface area contributed by atoms with Crippen molar-refractivity contribution < 1.29 is 14.3 Å². The lowest BCUT2D eigenvalue weighted by Gasteiger charge is -2.39. The monoisotopic (exact) mass is 470 g/mol. The van der Waals surface area contributed by atoms with Crippen LogP contribution in [0.1, 0.15) is 47.9 Å². The normalized spacial score (nSPS) is 22.4. The Labute approximate surface area is 202 Å². The highest BCUT2D eigenvalue weighted by atomic mass is 35.5. The molecule has 5 nitrogen and oxygen atoms in total. The summed E-state index contributed by atoms with van der Waals surface area (Å²) >= 11 is 6.23. The number of ether oxygens (including phenoxy) is 2. The number of piperidine rings is 1. The van der Waals surface area contributed by atoms with E-state index in [4.69, 9.17) is 21.1 Å². The molecule has 0 spiro atoms. The maximum absolute atomic E-state index is 12.6. The molecule has 4 rings (SSSR count). The fourth-order valence-corrected chi connectivity index (χ4v) is 5.56. The molecule has 178 valence electrons. The van der Waals surface area contributed by atoms with Crippen molar-refractivity contribution in [3.63, 3.8) is 0 Å². The van der Waals surface area contributed by atoms with Gasteiger partial charge in [-0.25, -0.2) is 0 Å². The van der Waals surface area contributed by atoms with Crippen LogP contribution in [-0.4, -0.2) is 49.3 Å². The molecule has 2 aliphatic rings. The molecule has 0 saturated carbocycles. The third kappa shape index (κ3) is 5.71. The molecule has 2 bridgehead atoms. The van der Waals surface area contributed by atoms with E-state index < -0.39 is 0 Å². The molecule has 2 aromatic rings. The molecule has 2 atom stereocenters. The summed E-state index contributed by atoms with van der Waals surface area (Å²) in [5.41, 5.74) is 4.76. The van der Waals surface area contributed by atoms with Gasteiger partial charge in [0.1, 0.15) is 12.4 Å². The number of fused-ring (bicyclic) bond motifs is 2. The molecule has 2 fully saturated rings. The van der Waals surface area contributed by atoms with E-state index in [1.807, 2.05) is 24.3 Å².